The maximum Gasteiger partial charge on any atom is 0.306 e. The van der Waals surface area contributed by atoms with Crippen LogP contribution in [0.5, 0.6) is 0 Å². The molecule has 0 amide bonds. The molecule has 56 heavy (non-hydrogen) atoms. The molecule has 0 aromatic rings. The highest BCUT2D eigenvalue weighted by Gasteiger charge is 2.46. The number of rotatable bonds is 36. The van der Waals surface area contributed by atoms with Crippen LogP contribution in [-0.4, -0.2) is 96.0 Å². The molecule has 0 saturated carbocycles. The Kier molecular flexibility index (Phi) is 31.7. The van der Waals surface area contributed by atoms with Gasteiger partial charge in [-0.25, -0.2) is 0 Å². The molecule has 0 aliphatic carbocycles. The van der Waals surface area contributed by atoms with Crippen LogP contribution in [0.2, 0.25) is 0 Å². The van der Waals surface area contributed by atoms with Crippen molar-refractivity contribution >= 4 is 22.1 Å². The molecule has 13 heteroatoms. The summed E-state index contributed by atoms with van der Waals surface area (Å²) in [5.74, 6) is -2.01. The number of allylic oxidation sites excluding steroid dienone is 4. The predicted octanol–water partition coefficient (Wildman–Crippen LogP) is 8.45. The summed E-state index contributed by atoms with van der Waals surface area (Å²) >= 11 is 0. The van der Waals surface area contributed by atoms with E-state index in [4.69, 9.17) is 18.9 Å². The first kappa shape index (κ1) is 52.1. The topological polar surface area (TPSA) is 186 Å². The van der Waals surface area contributed by atoms with E-state index in [9.17, 15) is 37.9 Å². The van der Waals surface area contributed by atoms with Crippen molar-refractivity contribution in [2.24, 2.45) is 0 Å². The fourth-order valence-electron chi connectivity index (χ4n) is 6.55. The summed E-state index contributed by atoms with van der Waals surface area (Å²) < 4.78 is 54.0. The van der Waals surface area contributed by atoms with Crippen LogP contribution in [0.15, 0.2) is 24.3 Å². The Morgan fingerprint density at radius 1 is 0.589 bits per heavy atom. The molecule has 0 bridgehead atoms. The first-order chi connectivity index (χ1) is 27.0. The number of aliphatic hydroxyl groups is 3. The minimum Gasteiger partial charge on any atom is -0.462 e. The van der Waals surface area contributed by atoms with Gasteiger partial charge in [-0.2, -0.15) is 8.42 Å². The van der Waals surface area contributed by atoms with Gasteiger partial charge in [-0.3, -0.25) is 14.1 Å². The molecule has 0 aromatic heterocycles. The molecule has 12 nitrogen and oxygen atoms in total. The second-order valence-corrected chi connectivity index (χ2v) is 16.9. The minimum absolute atomic E-state index is 0.158. The number of ether oxygens (including phenoxy) is 4. The standard InChI is InChI=1S/C43H78O12S/c1-3-5-7-9-11-13-15-17-18-20-22-24-26-28-30-32-39(45)54-36(34-53-43-42(48)41(47)40(46)37(55-43)35-56(49,50)51)33-52-38(44)31-29-27-25-23-21-19-16-14-12-10-8-6-4-2/h13,15,19,21,36-37,40-43,46-48H,3-12,14,16-18,20,22-35H2,1-2H3,(H,49,50,51)/b15-13+,21-19+/t36-,37-,40-,41?,42?,43+/m1/s1. The van der Waals surface area contributed by atoms with Gasteiger partial charge in [0.05, 0.1) is 6.61 Å². The van der Waals surface area contributed by atoms with Crippen LogP contribution in [-0.2, 0) is 38.7 Å². The Bertz CT molecular complexity index is 1140. The smallest absolute Gasteiger partial charge is 0.306 e. The van der Waals surface area contributed by atoms with Gasteiger partial charge in [-0.1, -0.05) is 128 Å². The van der Waals surface area contributed by atoms with Crippen LogP contribution < -0.4 is 0 Å². The summed E-state index contributed by atoms with van der Waals surface area (Å²) in [6.45, 7) is 3.71. The Hall–Kier alpha value is -1.87. The molecule has 1 aliphatic heterocycles. The van der Waals surface area contributed by atoms with Crippen molar-refractivity contribution in [2.45, 2.75) is 218 Å². The lowest BCUT2D eigenvalue weighted by molar-refractivity contribution is -0.297. The number of carbonyl (C=O) groups is 2. The first-order valence-electron chi connectivity index (χ1n) is 21.9. The van der Waals surface area contributed by atoms with Gasteiger partial charge < -0.3 is 34.3 Å². The summed E-state index contributed by atoms with van der Waals surface area (Å²) in [6, 6.07) is 0. The maximum atomic E-state index is 12.8. The third kappa shape index (κ3) is 28.5. The lowest BCUT2D eigenvalue weighted by atomic mass is 10.00. The van der Waals surface area contributed by atoms with Gasteiger partial charge in [0.1, 0.15) is 36.8 Å². The van der Waals surface area contributed by atoms with Crippen molar-refractivity contribution in [3.05, 3.63) is 24.3 Å². The van der Waals surface area contributed by atoms with Gasteiger partial charge in [-0.15, -0.1) is 0 Å². The molecule has 6 atom stereocenters. The number of hydrogen-bond donors (Lipinski definition) is 4. The van der Waals surface area contributed by atoms with E-state index in [0.717, 1.165) is 57.8 Å². The molecule has 0 aromatic carbocycles. The minimum atomic E-state index is -4.60. The molecular formula is C43H78O12S. The average molecular weight is 819 g/mol. The highest BCUT2D eigenvalue weighted by Crippen LogP contribution is 2.24. The maximum absolute atomic E-state index is 12.8. The molecular weight excluding hydrogens is 741 g/mol. The van der Waals surface area contributed by atoms with Gasteiger partial charge in [0.15, 0.2) is 12.4 Å². The highest BCUT2D eigenvalue weighted by molar-refractivity contribution is 7.85. The van der Waals surface area contributed by atoms with Crippen molar-refractivity contribution in [2.75, 3.05) is 19.0 Å². The van der Waals surface area contributed by atoms with Crippen LogP contribution in [0.3, 0.4) is 0 Å². The number of carbonyl (C=O) groups excluding carboxylic acids is 2. The fraction of sp³-hybridized carbons (Fsp3) is 0.860. The zero-order valence-electron chi connectivity index (χ0n) is 34.7. The van der Waals surface area contributed by atoms with Crippen molar-refractivity contribution in [1.82, 2.24) is 0 Å². The van der Waals surface area contributed by atoms with E-state index in [-0.39, 0.29) is 19.4 Å². The number of unbranched alkanes of at least 4 members (excludes halogenated alkanes) is 20. The van der Waals surface area contributed by atoms with Crippen molar-refractivity contribution in [1.29, 1.82) is 0 Å². The number of aliphatic hydroxyl groups excluding tert-OH is 3. The second-order valence-electron chi connectivity index (χ2n) is 15.4. The summed E-state index contributed by atoms with van der Waals surface area (Å²) in [7, 11) is -4.60. The number of hydrogen-bond acceptors (Lipinski definition) is 11. The van der Waals surface area contributed by atoms with E-state index in [2.05, 4.69) is 38.2 Å². The van der Waals surface area contributed by atoms with Gasteiger partial charge >= 0.3 is 11.9 Å². The zero-order chi connectivity index (χ0) is 41.3. The quantitative estimate of drug-likeness (QED) is 0.0205. The van der Waals surface area contributed by atoms with E-state index < -0.39 is 71.2 Å². The fourth-order valence-corrected chi connectivity index (χ4v) is 7.24. The molecule has 0 radical (unpaired) electrons. The molecule has 1 saturated heterocycles. The van der Waals surface area contributed by atoms with Crippen molar-refractivity contribution < 1.29 is 56.8 Å². The third-order valence-electron chi connectivity index (χ3n) is 10.0. The summed E-state index contributed by atoms with van der Waals surface area (Å²) in [5, 5.41) is 30.8. The zero-order valence-corrected chi connectivity index (χ0v) is 35.6. The molecule has 1 aliphatic rings. The Balaban J connectivity index is 2.48. The Labute approximate surface area is 338 Å². The third-order valence-corrected chi connectivity index (χ3v) is 10.8. The second kappa shape index (κ2) is 34.0. The number of esters is 2. The molecule has 1 heterocycles. The van der Waals surface area contributed by atoms with Crippen LogP contribution in [0.4, 0.5) is 0 Å². The average Bonchev–Trinajstić information content (AvgIpc) is 3.16. The molecule has 1 rings (SSSR count). The Morgan fingerprint density at radius 3 is 1.52 bits per heavy atom. The van der Waals surface area contributed by atoms with Gasteiger partial charge in [0.25, 0.3) is 10.1 Å². The van der Waals surface area contributed by atoms with Crippen LogP contribution >= 0.6 is 0 Å². The summed E-state index contributed by atoms with van der Waals surface area (Å²) in [6.07, 6.45) is 26.5. The van der Waals surface area contributed by atoms with Crippen molar-refractivity contribution in [3.63, 3.8) is 0 Å². The molecule has 4 N–H and O–H groups in total. The van der Waals surface area contributed by atoms with E-state index in [1.807, 2.05) is 0 Å². The molecule has 0 spiro atoms. The first-order valence-corrected chi connectivity index (χ1v) is 23.5. The van der Waals surface area contributed by atoms with Gasteiger partial charge in [-0.05, 0) is 64.2 Å². The van der Waals surface area contributed by atoms with E-state index in [0.29, 0.717) is 12.8 Å². The highest BCUT2D eigenvalue weighted by atomic mass is 32.2. The summed E-state index contributed by atoms with van der Waals surface area (Å²) in [5.41, 5.74) is 0. The molecule has 2 unspecified atom stereocenters. The van der Waals surface area contributed by atoms with Crippen molar-refractivity contribution in [3.8, 4) is 0 Å². The monoisotopic (exact) mass is 819 g/mol. The molecule has 328 valence electrons. The summed E-state index contributed by atoms with van der Waals surface area (Å²) in [4.78, 5) is 25.3. The lowest BCUT2D eigenvalue weighted by Gasteiger charge is -2.40. The van der Waals surface area contributed by atoms with Gasteiger partial charge in [0, 0.05) is 12.8 Å². The largest absolute Gasteiger partial charge is 0.462 e. The Morgan fingerprint density at radius 2 is 1.02 bits per heavy atom. The van der Waals surface area contributed by atoms with Crippen LogP contribution in [0, 0.1) is 0 Å². The lowest BCUT2D eigenvalue weighted by Crippen LogP contribution is -2.60. The van der Waals surface area contributed by atoms with E-state index in [1.54, 1.807) is 0 Å². The normalized spacial score (nSPS) is 20.9. The molecule has 1 fully saturated rings. The SMILES string of the molecule is CCCCCC/C=C/CCCCCCCCCC(=O)O[C@H](COC(=O)CCCCC/C=C/CCCCCCCC)CO[C@H]1O[C@H](CS(=O)(=O)O)[C@@H](O)C(O)C1O. The van der Waals surface area contributed by atoms with Crippen LogP contribution in [0.1, 0.15) is 181 Å². The predicted molar refractivity (Wildman–Crippen MR) is 220 cm³/mol. The van der Waals surface area contributed by atoms with E-state index in [1.165, 1.54) is 83.5 Å². The van der Waals surface area contributed by atoms with Crippen LogP contribution in [0.25, 0.3) is 0 Å². The van der Waals surface area contributed by atoms with Gasteiger partial charge in [0.2, 0.25) is 0 Å². The van der Waals surface area contributed by atoms with E-state index >= 15 is 0 Å².